The molecule has 2 bridgehead atoms. The SMILES string of the molecule is CC(Nc1ccc(OC(F)F)cc1)C1CC2C=CC1C2. The van der Waals surface area contributed by atoms with E-state index in [1.807, 2.05) is 0 Å². The van der Waals surface area contributed by atoms with Crippen molar-refractivity contribution in [3.05, 3.63) is 36.4 Å². The third kappa shape index (κ3) is 2.79. The maximum absolute atomic E-state index is 12.1. The molecule has 0 amide bonds. The summed E-state index contributed by atoms with van der Waals surface area (Å²) in [6.07, 6.45) is 7.22. The lowest BCUT2D eigenvalue weighted by atomic mass is 9.87. The van der Waals surface area contributed by atoms with Crippen molar-refractivity contribution in [2.75, 3.05) is 5.32 Å². The van der Waals surface area contributed by atoms with Gasteiger partial charge in [-0.25, -0.2) is 0 Å². The Morgan fingerprint density at radius 1 is 1.15 bits per heavy atom. The lowest BCUT2D eigenvalue weighted by Crippen LogP contribution is -2.28. The molecule has 3 rings (SSSR count). The fourth-order valence-electron chi connectivity index (χ4n) is 3.50. The molecule has 20 heavy (non-hydrogen) atoms. The summed E-state index contributed by atoms with van der Waals surface area (Å²) in [5, 5.41) is 3.47. The van der Waals surface area contributed by atoms with E-state index in [0.29, 0.717) is 17.9 Å². The summed E-state index contributed by atoms with van der Waals surface area (Å²) >= 11 is 0. The van der Waals surface area contributed by atoms with Crippen molar-refractivity contribution < 1.29 is 13.5 Å². The van der Waals surface area contributed by atoms with Gasteiger partial charge in [-0.3, -0.25) is 0 Å². The number of nitrogens with one attached hydrogen (secondary N) is 1. The Morgan fingerprint density at radius 3 is 2.45 bits per heavy atom. The van der Waals surface area contributed by atoms with Gasteiger partial charge in [0, 0.05) is 11.7 Å². The molecule has 2 aliphatic carbocycles. The van der Waals surface area contributed by atoms with Gasteiger partial charge in [0.25, 0.3) is 0 Å². The third-order valence-corrected chi connectivity index (χ3v) is 4.45. The van der Waals surface area contributed by atoms with Gasteiger partial charge >= 0.3 is 6.61 Å². The van der Waals surface area contributed by atoms with E-state index in [1.165, 1.54) is 12.8 Å². The van der Waals surface area contributed by atoms with E-state index in [0.717, 1.165) is 11.6 Å². The van der Waals surface area contributed by atoms with E-state index in [-0.39, 0.29) is 5.75 Å². The molecule has 2 aliphatic rings. The highest BCUT2D eigenvalue weighted by Crippen LogP contribution is 2.45. The Morgan fingerprint density at radius 2 is 1.90 bits per heavy atom. The lowest BCUT2D eigenvalue weighted by Gasteiger charge is -2.27. The average molecular weight is 279 g/mol. The Labute approximate surface area is 117 Å². The average Bonchev–Trinajstić information content (AvgIpc) is 3.03. The number of hydrogen-bond donors (Lipinski definition) is 1. The molecular weight excluding hydrogens is 260 g/mol. The molecule has 4 atom stereocenters. The zero-order valence-electron chi connectivity index (χ0n) is 11.4. The fraction of sp³-hybridized carbons (Fsp3) is 0.500. The minimum atomic E-state index is -2.77. The van der Waals surface area contributed by atoms with Gasteiger partial charge in [-0.1, -0.05) is 12.2 Å². The topological polar surface area (TPSA) is 21.3 Å². The molecule has 1 fully saturated rings. The summed E-state index contributed by atoms with van der Waals surface area (Å²) < 4.78 is 28.5. The first-order chi connectivity index (χ1) is 9.61. The second kappa shape index (κ2) is 5.43. The molecule has 0 aromatic heterocycles. The van der Waals surface area contributed by atoms with Crippen molar-refractivity contribution in [3.8, 4) is 5.75 Å². The monoisotopic (exact) mass is 279 g/mol. The predicted octanol–water partition coefficient (Wildman–Crippen LogP) is 4.30. The molecule has 0 radical (unpaired) electrons. The van der Waals surface area contributed by atoms with Crippen LogP contribution in [-0.2, 0) is 0 Å². The smallest absolute Gasteiger partial charge is 0.387 e. The number of allylic oxidation sites excluding steroid dienone is 2. The lowest BCUT2D eigenvalue weighted by molar-refractivity contribution is -0.0498. The molecule has 1 aromatic carbocycles. The Kier molecular flexibility index (Phi) is 3.64. The van der Waals surface area contributed by atoms with Gasteiger partial charge in [0.2, 0.25) is 0 Å². The zero-order chi connectivity index (χ0) is 14.1. The number of benzene rings is 1. The van der Waals surface area contributed by atoms with E-state index in [2.05, 4.69) is 29.1 Å². The molecule has 1 N–H and O–H groups in total. The fourth-order valence-corrected chi connectivity index (χ4v) is 3.50. The van der Waals surface area contributed by atoms with Crippen LogP contribution in [0.15, 0.2) is 36.4 Å². The molecular formula is C16H19F2NO. The molecule has 4 unspecified atom stereocenters. The summed E-state index contributed by atoms with van der Waals surface area (Å²) in [5.41, 5.74) is 0.950. The van der Waals surface area contributed by atoms with Crippen LogP contribution < -0.4 is 10.1 Å². The summed E-state index contributed by atoms with van der Waals surface area (Å²) in [7, 11) is 0. The van der Waals surface area contributed by atoms with Crippen LogP contribution in [-0.4, -0.2) is 12.7 Å². The largest absolute Gasteiger partial charge is 0.435 e. The molecule has 1 aromatic rings. The third-order valence-electron chi connectivity index (χ3n) is 4.45. The van der Waals surface area contributed by atoms with E-state index in [1.54, 1.807) is 24.3 Å². The van der Waals surface area contributed by atoms with Gasteiger partial charge < -0.3 is 10.1 Å². The van der Waals surface area contributed by atoms with E-state index < -0.39 is 6.61 Å². The second-order valence-corrected chi connectivity index (χ2v) is 5.78. The normalized spacial score (nSPS) is 28.9. The number of ether oxygens (including phenoxy) is 1. The van der Waals surface area contributed by atoms with Crippen LogP contribution in [0.5, 0.6) is 5.75 Å². The minimum Gasteiger partial charge on any atom is -0.435 e. The molecule has 4 heteroatoms. The number of alkyl halides is 2. The summed E-state index contributed by atoms with van der Waals surface area (Å²) in [6.45, 7) is -0.573. The molecule has 0 aliphatic heterocycles. The Bertz CT molecular complexity index is 486. The van der Waals surface area contributed by atoms with E-state index in [4.69, 9.17) is 0 Å². The van der Waals surface area contributed by atoms with Gasteiger partial charge in [0.1, 0.15) is 5.75 Å². The maximum Gasteiger partial charge on any atom is 0.387 e. The van der Waals surface area contributed by atoms with Gasteiger partial charge in [-0.05, 0) is 61.8 Å². The van der Waals surface area contributed by atoms with Gasteiger partial charge in [-0.2, -0.15) is 8.78 Å². The molecule has 108 valence electrons. The van der Waals surface area contributed by atoms with Gasteiger partial charge in [-0.15, -0.1) is 0 Å². The minimum absolute atomic E-state index is 0.195. The molecule has 2 nitrogen and oxygen atoms in total. The first-order valence-corrected chi connectivity index (χ1v) is 7.11. The molecule has 0 spiro atoms. The highest BCUT2D eigenvalue weighted by molar-refractivity contribution is 5.47. The van der Waals surface area contributed by atoms with Crippen LogP contribution in [0, 0.1) is 17.8 Å². The maximum atomic E-state index is 12.1. The Hall–Kier alpha value is -1.58. The van der Waals surface area contributed by atoms with Gasteiger partial charge in [0.05, 0.1) is 0 Å². The standard InChI is InChI=1S/C16H19F2NO/c1-10(15-9-11-2-3-12(15)8-11)19-13-4-6-14(7-5-13)20-16(17)18/h2-7,10-12,15-16,19H,8-9H2,1H3. The van der Waals surface area contributed by atoms with Crippen LogP contribution >= 0.6 is 0 Å². The number of rotatable bonds is 5. The number of fused-ring (bicyclic) bond motifs is 2. The summed E-state index contributed by atoms with van der Waals surface area (Å²) in [4.78, 5) is 0. The molecule has 0 saturated heterocycles. The van der Waals surface area contributed by atoms with Crippen molar-refractivity contribution >= 4 is 5.69 Å². The van der Waals surface area contributed by atoms with Crippen LogP contribution in [0.3, 0.4) is 0 Å². The van der Waals surface area contributed by atoms with Crippen molar-refractivity contribution in [1.82, 2.24) is 0 Å². The number of hydrogen-bond acceptors (Lipinski definition) is 2. The summed E-state index contributed by atoms with van der Waals surface area (Å²) in [6, 6.07) is 7.11. The number of halogens is 2. The van der Waals surface area contributed by atoms with Gasteiger partial charge in [0.15, 0.2) is 0 Å². The van der Waals surface area contributed by atoms with E-state index in [9.17, 15) is 8.78 Å². The quantitative estimate of drug-likeness (QED) is 0.811. The van der Waals surface area contributed by atoms with Crippen LogP contribution in [0.25, 0.3) is 0 Å². The van der Waals surface area contributed by atoms with Crippen molar-refractivity contribution in [3.63, 3.8) is 0 Å². The Balaban J connectivity index is 1.58. The zero-order valence-corrected chi connectivity index (χ0v) is 11.4. The van der Waals surface area contributed by atoms with Crippen LogP contribution in [0.2, 0.25) is 0 Å². The highest BCUT2D eigenvalue weighted by atomic mass is 19.3. The van der Waals surface area contributed by atoms with Crippen molar-refractivity contribution in [1.29, 1.82) is 0 Å². The second-order valence-electron chi connectivity index (χ2n) is 5.78. The summed E-state index contributed by atoms with van der Waals surface area (Å²) in [5.74, 6) is 2.32. The van der Waals surface area contributed by atoms with Crippen molar-refractivity contribution in [2.45, 2.75) is 32.4 Å². The first-order valence-electron chi connectivity index (χ1n) is 7.11. The van der Waals surface area contributed by atoms with Crippen LogP contribution in [0.1, 0.15) is 19.8 Å². The molecule has 1 saturated carbocycles. The predicted molar refractivity (Wildman–Crippen MR) is 75.0 cm³/mol. The molecule has 0 heterocycles. The van der Waals surface area contributed by atoms with Crippen molar-refractivity contribution in [2.24, 2.45) is 17.8 Å². The highest BCUT2D eigenvalue weighted by Gasteiger charge is 2.38. The first kappa shape index (κ1) is 13.4. The van der Waals surface area contributed by atoms with E-state index >= 15 is 0 Å². The van der Waals surface area contributed by atoms with Crippen LogP contribution in [0.4, 0.5) is 14.5 Å². The number of anilines is 1.